The van der Waals surface area contributed by atoms with Crippen molar-refractivity contribution >= 4 is 46.8 Å². The molecule has 0 saturated carbocycles. The third kappa shape index (κ3) is 5.89. The van der Waals surface area contributed by atoms with Gasteiger partial charge in [0.15, 0.2) is 5.96 Å². The normalized spacial score (nSPS) is 12.4. The molecule has 1 aromatic heterocycles. The number of aryl methyl sites for hydroxylation is 1. The number of hydrogen-bond donors (Lipinski definition) is 2. The summed E-state index contributed by atoms with van der Waals surface area (Å²) in [6.07, 6.45) is 0.964. The summed E-state index contributed by atoms with van der Waals surface area (Å²) in [7, 11) is 3.45. The average molecular weight is 472 g/mol. The van der Waals surface area contributed by atoms with Crippen molar-refractivity contribution in [3.63, 3.8) is 0 Å². The zero-order chi connectivity index (χ0) is 18.4. The first-order valence-corrected chi connectivity index (χ1v) is 8.64. The minimum Gasteiger partial charge on any atom is -0.459 e. The Balaban J connectivity index is 0.00000338. The van der Waals surface area contributed by atoms with Crippen LogP contribution in [0, 0.1) is 6.92 Å². The van der Waals surface area contributed by atoms with Crippen LogP contribution in [0.1, 0.15) is 31.6 Å². The van der Waals surface area contributed by atoms with E-state index >= 15 is 0 Å². The van der Waals surface area contributed by atoms with Gasteiger partial charge < -0.3 is 20.0 Å². The molecule has 0 fully saturated rings. The minimum absolute atomic E-state index is 0. The van der Waals surface area contributed by atoms with Gasteiger partial charge >= 0.3 is 0 Å². The van der Waals surface area contributed by atoms with Crippen LogP contribution in [0.4, 0.5) is 0 Å². The maximum atomic E-state index is 11.8. The molecule has 0 spiro atoms. The number of carbonyl (C=O) groups is 1. The molecule has 144 valence electrons. The number of nitrogens with one attached hydrogen (secondary N) is 2. The third-order valence-corrected chi connectivity index (χ3v) is 4.23. The molecule has 0 saturated heterocycles. The number of carbonyl (C=O) groups excluding carboxylic acids is 1. The summed E-state index contributed by atoms with van der Waals surface area (Å²) in [6.45, 7) is 6.86. The zero-order valence-corrected chi connectivity index (χ0v) is 18.5. The quantitative estimate of drug-likeness (QED) is 0.385. The van der Waals surface area contributed by atoms with Gasteiger partial charge in [-0.05, 0) is 26.3 Å². The second-order valence-electron chi connectivity index (χ2n) is 6.41. The zero-order valence-electron chi connectivity index (χ0n) is 16.1. The van der Waals surface area contributed by atoms with Crippen molar-refractivity contribution in [2.45, 2.75) is 39.8 Å². The first-order valence-electron chi connectivity index (χ1n) is 8.64. The van der Waals surface area contributed by atoms with E-state index in [4.69, 9.17) is 4.42 Å². The summed E-state index contributed by atoms with van der Waals surface area (Å²) in [5, 5.41) is 7.70. The Morgan fingerprint density at radius 1 is 1.31 bits per heavy atom. The van der Waals surface area contributed by atoms with Gasteiger partial charge in [0.05, 0.1) is 6.54 Å². The highest BCUT2D eigenvalue weighted by Gasteiger charge is 2.12. The number of benzene rings is 1. The second-order valence-corrected chi connectivity index (χ2v) is 6.41. The molecular formula is C19H29IN4O2. The molecule has 0 bridgehead atoms. The van der Waals surface area contributed by atoms with Gasteiger partial charge in [-0.25, -0.2) is 4.99 Å². The maximum Gasteiger partial charge on any atom is 0.243 e. The van der Waals surface area contributed by atoms with E-state index in [1.807, 2.05) is 18.2 Å². The van der Waals surface area contributed by atoms with Crippen molar-refractivity contribution in [3.8, 4) is 0 Å². The van der Waals surface area contributed by atoms with Crippen LogP contribution < -0.4 is 10.6 Å². The highest BCUT2D eigenvalue weighted by Crippen LogP contribution is 2.24. The van der Waals surface area contributed by atoms with Crippen molar-refractivity contribution in [2.75, 3.05) is 20.6 Å². The molecule has 2 aromatic rings. The van der Waals surface area contributed by atoms with Crippen molar-refractivity contribution < 1.29 is 9.21 Å². The van der Waals surface area contributed by atoms with E-state index in [9.17, 15) is 4.79 Å². The molecule has 0 aliphatic rings. The van der Waals surface area contributed by atoms with E-state index in [1.165, 1.54) is 4.90 Å². The highest BCUT2D eigenvalue weighted by molar-refractivity contribution is 14.0. The lowest BCUT2D eigenvalue weighted by Gasteiger charge is -2.17. The Labute approximate surface area is 172 Å². The average Bonchev–Trinajstić information content (AvgIpc) is 2.93. The molecule has 2 rings (SSSR count). The molecule has 7 heteroatoms. The van der Waals surface area contributed by atoms with Gasteiger partial charge in [-0.2, -0.15) is 0 Å². The summed E-state index contributed by atoms with van der Waals surface area (Å²) < 4.78 is 5.92. The fraction of sp³-hybridized carbons (Fsp3) is 0.474. The number of likely N-dealkylation sites (N-methyl/N-ethyl adjacent to an activating group) is 1. The van der Waals surface area contributed by atoms with Crippen molar-refractivity contribution in [1.29, 1.82) is 0 Å². The molecule has 0 aliphatic carbocycles. The lowest BCUT2D eigenvalue weighted by molar-refractivity contribution is -0.127. The number of amides is 1. The highest BCUT2D eigenvalue weighted by atomic mass is 127. The van der Waals surface area contributed by atoms with Gasteiger partial charge in [-0.1, -0.05) is 25.1 Å². The molecule has 0 aliphatic heterocycles. The number of nitrogens with zero attached hydrogens (tertiary/aromatic N) is 2. The summed E-state index contributed by atoms with van der Waals surface area (Å²) >= 11 is 0. The molecular weight excluding hydrogens is 443 g/mol. The van der Waals surface area contributed by atoms with Crippen LogP contribution in [-0.4, -0.2) is 43.4 Å². The SMILES string of the molecule is CCC(C)NC(=NCC(=O)N(C)C)NCc1oc2ccccc2c1C.I. The number of guanidine groups is 1. The number of furan rings is 1. The Morgan fingerprint density at radius 3 is 2.62 bits per heavy atom. The monoisotopic (exact) mass is 472 g/mol. The minimum atomic E-state index is -0.0369. The second kappa shape index (κ2) is 10.4. The number of aliphatic imine (C=N–C) groups is 1. The first kappa shape index (κ1) is 22.3. The van der Waals surface area contributed by atoms with Crippen LogP contribution in [0.5, 0.6) is 0 Å². The van der Waals surface area contributed by atoms with Gasteiger partial charge in [0.25, 0.3) is 0 Å². The standard InChI is InChI=1S/C19H28N4O2.HI/c1-6-13(2)22-19(21-12-18(24)23(4)5)20-11-17-14(3)15-9-7-8-10-16(15)25-17;/h7-10,13H,6,11-12H2,1-5H3,(H2,20,21,22);1H. The van der Waals surface area contributed by atoms with Gasteiger partial charge in [0.2, 0.25) is 5.91 Å². The van der Waals surface area contributed by atoms with E-state index < -0.39 is 0 Å². The van der Waals surface area contributed by atoms with Crippen LogP contribution in [0.25, 0.3) is 11.0 Å². The number of para-hydroxylation sites is 1. The van der Waals surface area contributed by atoms with Crippen LogP contribution in [-0.2, 0) is 11.3 Å². The van der Waals surface area contributed by atoms with Crippen molar-refractivity contribution in [2.24, 2.45) is 4.99 Å². The van der Waals surface area contributed by atoms with Crippen LogP contribution in [0.15, 0.2) is 33.7 Å². The molecule has 26 heavy (non-hydrogen) atoms. The van der Waals surface area contributed by atoms with E-state index in [2.05, 4.69) is 42.5 Å². The third-order valence-electron chi connectivity index (χ3n) is 4.23. The molecule has 1 aromatic carbocycles. The number of hydrogen-bond acceptors (Lipinski definition) is 3. The van der Waals surface area contributed by atoms with Gasteiger partial charge in [0.1, 0.15) is 17.9 Å². The predicted octanol–water partition coefficient (Wildman–Crippen LogP) is 3.28. The first-order chi connectivity index (χ1) is 11.9. The van der Waals surface area contributed by atoms with Crippen molar-refractivity contribution in [1.82, 2.24) is 15.5 Å². The fourth-order valence-electron chi connectivity index (χ4n) is 2.33. The van der Waals surface area contributed by atoms with E-state index in [0.717, 1.165) is 28.7 Å². The molecule has 1 unspecified atom stereocenters. The lowest BCUT2D eigenvalue weighted by atomic mass is 10.1. The van der Waals surface area contributed by atoms with Gasteiger partial charge in [-0.3, -0.25) is 4.79 Å². The fourth-order valence-corrected chi connectivity index (χ4v) is 2.33. The van der Waals surface area contributed by atoms with E-state index in [1.54, 1.807) is 14.1 Å². The molecule has 1 amide bonds. The molecule has 1 heterocycles. The molecule has 1 atom stereocenters. The van der Waals surface area contributed by atoms with Crippen molar-refractivity contribution in [3.05, 3.63) is 35.6 Å². The predicted molar refractivity (Wildman–Crippen MR) is 117 cm³/mol. The summed E-state index contributed by atoms with van der Waals surface area (Å²) in [4.78, 5) is 17.7. The Hall–Kier alpha value is -1.77. The summed E-state index contributed by atoms with van der Waals surface area (Å²) in [5.41, 5.74) is 2.00. The maximum absolute atomic E-state index is 11.8. The Kier molecular flexibility index (Phi) is 8.91. The lowest BCUT2D eigenvalue weighted by Crippen LogP contribution is -2.42. The van der Waals surface area contributed by atoms with Gasteiger partial charge in [0, 0.05) is 31.1 Å². The molecule has 6 nitrogen and oxygen atoms in total. The molecule has 0 radical (unpaired) electrons. The Morgan fingerprint density at radius 2 is 2.00 bits per heavy atom. The Bertz CT molecular complexity index is 755. The smallest absolute Gasteiger partial charge is 0.243 e. The van der Waals surface area contributed by atoms with Crippen LogP contribution in [0.2, 0.25) is 0 Å². The summed E-state index contributed by atoms with van der Waals surface area (Å²) in [5.74, 6) is 1.45. The summed E-state index contributed by atoms with van der Waals surface area (Å²) in [6, 6.07) is 8.25. The largest absolute Gasteiger partial charge is 0.459 e. The van der Waals surface area contributed by atoms with Crippen LogP contribution in [0.3, 0.4) is 0 Å². The van der Waals surface area contributed by atoms with Gasteiger partial charge in [-0.15, -0.1) is 24.0 Å². The topological polar surface area (TPSA) is 69.9 Å². The number of rotatable bonds is 6. The van der Waals surface area contributed by atoms with Crippen LogP contribution >= 0.6 is 24.0 Å². The molecule has 2 N–H and O–H groups in total. The van der Waals surface area contributed by atoms with E-state index in [-0.39, 0.29) is 42.5 Å². The van der Waals surface area contributed by atoms with E-state index in [0.29, 0.717) is 12.5 Å². The number of halogens is 1. The number of fused-ring (bicyclic) bond motifs is 1.